The maximum atomic E-state index is 12.5. The van der Waals surface area contributed by atoms with Gasteiger partial charge in [0.1, 0.15) is 0 Å². The number of ether oxygens (including phenoxy) is 1. The van der Waals surface area contributed by atoms with E-state index in [1.165, 1.54) is 6.92 Å². The molecule has 1 atom stereocenters. The van der Waals surface area contributed by atoms with Gasteiger partial charge in [-0.15, -0.1) is 0 Å². The van der Waals surface area contributed by atoms with Crippen LogP contribution < -0.4 is 0 Å². The monoisotopic (exact) mass is 1070 g/mol. The van der Waals surface area contributed by atoms with Crippen molar-refractivity contribution in [3.05, 3.63) is 148 Å². The first kappa shape index (κ1) is 69.9. The van der Waals surface area contributed by atoms with Crippen LogP contribution in [-0.4, -0.2) is 150 Å². The first-order valence-electron chi connectivity index (χ1n) is 20.6. The Kier molecular flexibility index (Phi) is 34.5. The van der Waals surface area contributed by atoms with Gasteiger partial charge in [-0.3, -0.25) is 19.6 Å². The Balaban J connectivity index is -0.000000893. The smallest absolute Gasteiger partial charge is 0.414 e. The minimum Gasteiger partial charge on any atom is -0.479 e. The van der Waals surface area contributed by atoms with E-state index in [0.717, 1.165) is 34.7 Å². The minimum atomic E-state index is -2.57. The van der Waals surface area contributed by atoms with Crippen LogP contribution in [0.2, 0.25) is 0 Å². The third-order valence-corrected chi connectivity index (χ3v) is 8.36. The summed E-state index contributed by atoms with van der Waals surface area (Å²) in [6, 6.07) is 34.5. The summed E-state index contributed by atoms with van der Waals surface area (Å²) < 4.78 is 5.24. The molecule has 11 N–H and O–H groups in total. The molecule has 4 aromatic rings. The predicted molar refractivity (Wildman–Crippen MR) is 253 cm³/mol. The molecule has 0 saturated carbocycles. The Morgan fingerprint density at radius 1 is 0.500 bits per heavy atom. The van der Waals surface area contributed by atoms with Crippen molar-refractivity contribution in [3.63, 3.8) is 0 Å². The highest BCUT2D eigenvalue weighted by atomic mass is 17.1. The topological polar surface area (TPSA) is 499 Å². The van der Waals surface area contributed by atoms with Gasteiger partial charge in [0.05, 0.1) is 5.56 Å². The van der Waals surface area contributed by atoms with Gasteiger partial charge in [0.2, 0.25) is 5.78 Å². The summed E-state index contributed by atoms with van der Waals surface area (Å²) in [4.78, 5) is 135. The zero-order chi connectivity index (χ0) is 59.3. The molecule has 0 aromatic heterocycles. The van der Waals surface area contributed by atoms with E-state index in [-0.39, 0.29) is 17.3 Å². The summed E-state index contributed by atoms with van der Waals surface area (Å²) in [5.41, 5.74) is 12.4. The molecule has 0 fully saturated rings. The third kappa shape index (κ3) is 31.8. The molecule has 0 saturated heterocycles. The van der Waals surface area contributed by atoms with Crippen LogP contribution in [-0.2, 0) is 84.8 Å². The molecule has 4 rings (SSSR count). The molecular weight excluding hydrogens is 1020 g/mol. The number of rotatable bonds is 14. The second-order valence-electron chi connectivity index (χ2n) is 14.3. The molecule has 0 radical (unpaired) electrons. The van der Waals surface area contributed by atoms with Gasteiger partial charge in [0.25, 0.3) is 5.60 Å². The fourth-order valence-electron chi connectivity index (χ4n) is 4.45. The molecule has 4 aromatic carbocycles. The maximum Gasteiger partial charge on any atom is 0.414 e. The molecule has 0 bridgehead atoms. The zero-order valence-electron chi connectivity index (χ0n) is 40.2. The number of nitrogens with zero attached hydrogens (tertiary/aromatic N) is 2. The lowest BCUT2D eigenvalue weighted by Crippen LogP contribution is -2.45. The first-order chi connectivity index (χ1) is 35.3. The Morgan fingerprint density at radius 3 is 1.08 bits per heavy atom. The highest BCUT2D eigenvalue weighted by Gasteiger charge is 2.44. The summed E-state index contributed by atoms with van der Waals surface area (Å²) in [5, 5.41) is 83.3. The predicted octanol–water partition coefficient (Wildman–Crippen LogP) is 3.04. The standard InChI is InChI=1S/C19H20O3.C17H16N2O.C4H6O6.4C2H2O4/c1-14-8-11-17(12-9-14)19(22-15(2)20)18(21)13-10-16-6-4-3-5-7-16;1-13-7-10-15(11-8-13)17(19-18)16(20)12-9-14-5-3-2-4-6-14;1-4(10-9,2(5)6)3(7)8;4*3-1(4)2(5)6/h3-9,11-12,19H,10,13H2,1-2H3;2-8,10-11H,9,12H2,1H3;9H,1H3,(H,5,6)(H,7,8);4*(H,3,4)(H,5,6). The average Bonchev–Trinajstić information content (AvgIpc) is 3.36. The molecule has 28 heteroatoms. The van der Waals surface area contributed by atoms with E-state index in [4.69, 9.17) is 105 Å². The van der Waals surface area contributed by atoms with Crippen molar-refractivity contribution in [2.45, 2.75) is 65.1 Å². The summed E-state index contributed by atoms with van der Waals surface area (Å²) in [6.45, 7) is 5.99. The largest absolute Gasteiger partial charge is 0.479 e. The van der Waals surface area contributed by atoms with E-state index in [9.17, 15) is 24.0 Å². The van der Waals surface area contributed by atoms with Crippen LogP contribution in [0.15, 0.2) is 109 Å². The number of carboxylic acids is 10. The van der Waals surface area contributed by atoms with Gasteiger partial charge in [-0.1, -0.05) is 108 Å². The normalized spacial score (nSPS) is 9.75. The van der Waals surface area contributed by atoms with Crippen LogP contribution in [0.1, 0.15) is 66.2 Å². The molecule has 0 amide bonds. The number of Topliss-reactive ketones (excluding diaryl/α,β-unsaturated/α-hetero) is 2. The molecule has 1 unspecified atom stereocenters. The van der Waals surface area contributed by atoms with Crippen molar-refractivity contribution < 1.29 is 133 Å². The van der Waals surface area contributed by atoms with Crippen LogP contribution in [0.4, 0.5) is 0 Å². The molecule has 0 heterocycles. The van der Waals surface area contributed by atoms with Gasteiger partial charge < -0.3 is 61.3 Å². The second-order valence-corrected chi connectivity index (χ2v) is 14.3. The van der Waals surface area contributed by atoms with Crippen molar-refractivity contribution in [1.82, 2.24) is 0 Å². The van der Waals surface area contributed by atoms with E-state index in [1.54, 1.807) is 12.1 Å². The molecule has 28 nitrogen and oxygen atoms in total. The lowest BCUT2D eigenvalue weighted by molar-refractivity contribution is -0.306. The van der Waals surface area contributed by atoms with Crippen molar-refractivity contribution in [3.8, 4) is 0 Å². The maximum absolute atomic E-state index is 12.5. The SMILES string of the molecule is CC(=O)OC(C(=O)CCc1ccccc1)c1ccc(C)cc1.CC(OO)(C(=O)O)C(=O)O.Cc1ccc(C(=[N+]=[N-])C(=O)CCc2ccccc2)cc1.O=C(O)C(=O)O.O=C(O)C(=O)O.O=C(O)C(=O)O.O=C(O)C(=O)O. The molecule has 0 aliphatic rings. The molecular formula is C48H50N2O26. The second kappa shape index (κ2) is 37.5. The van der Waals surface area contributed by atoms with Crippen LogP contribution in [0.3, 0.4) is 0 Å². The van der Waals surface area contributed by atoms with Crippen molar-refractivity contribution >= 4 is 82.9 Å². The van der Waals surface area contributed by atoms with Crippen LogP contribution in [0.25, 0.3) is 5.53 Å². The van der Waals surface area contributed by atoms with Crippen molar-refractivity contribution in [2.24, 2.45) is 0 Å². The number of ketones is 2. The third-order valence-electron chi connectivity index (χ3n) is 8.36. The summed E-state index contributed by atoms with van der Waals surface area (Å²) in [6.07, 6.45) is 1.14. The number of carbonyl (C=O) groups is 13. The number of esters is 1. The van der Waals surface area contributed by atoms with E-state index < -0.39 is 77.4 Å². The zero-order valence-corrected chi connectivity index (χ0v) is 40.2. The highest BCUT2D eigenvalue weighted by Crippen LogP contribution is 2.22. The van der Waals surface area contributed by atoms with Crippen molar-refractivity contribution in [1.29, 1.82) is 0 Å². The van der Waals surface area contributed by atoms with Crippen LogP contribution >= 0.6 is 0 Å². The molecule has 0 aliphatic carbocycles. The quantitative estimate of drug-likeness (QED) is 0.0126. The Bertz CT molecular complexity index is 2520. The number of carbonyl (C=O) groups excluding carboxylic acids is 3. The summed E-state index contributed by atoms with van der Waals surface area (Å²) in [7, 11) is 0. The van der Waals surface area contributed by atoms with E-state index >= 15 is 0 Å². The fraction of sp³-hybridized carbons (Fsp3) is 0.208. The summed E-state index contributed by atoms with van der Waals surface area (Å²) in [5.74, 6) is -18.8. The van der Waals surface area contributed by atoms with Gasteiger partial charge >= 0.3 is 71.4 Å². The van der Waals surface area contributed by atoms with E-state index in [1.807, 2.05) is 111 Å². The molecule has 0 spiro atoms. The number of benzene rings is 4. The van der Waals surface area contributed by atoms with E-state index in [0.29, 0.717) is 31.2 Å². The van der Waals surface area contributed by atoms with Gasteiger partial charge in [0.15, 0.2) is 11.9 Å². The molecule has 408 valence electrons. The van der Waals surface area contributed by atoms with Gasteiger partial charge in [-0.2, -0.15) is 4.79 Å². The number of aliphatic carboxylic acids is 10. The summed E-state index contributed by atoms with van der Waals surface area (Å²) >= 11 is 0. The number of carboxylic acid groups (broad SMARTS) is 10. The lowest BCUT2D eigenvalue weighted by Gasteiger charge is -2.16. The molecule has 76 heavy (non-hydrogen) atoms. The number of hydrogen-bond donors (Lipinski definition) is 11. The lowest BCUT2D eigenvalue weighted by atomic mass is 9.99. The Morgan fingerprint density at radius 2 is 0.816 bits per heavy atom. The Labute approximate surface area is 428 Å². The fourth-order valence-corrected chi connectivity index (χ4v) is 4.45. The first-order valence-corrected chi connectivity index (χ1v) is 20.6. The molecule has 0 aliphatic heterocycles. The van der Waals surface area contributed by atoms with Crippen LogP contribution in [0.5, 0.6) is 0 Å². The average molecular weight is 1070 g/mol. The van der Waals surface area contributed by atoms with Gasteiger partial charge in [-0.05, 0) is 62.4 Å². The van der Waals surface area contributed by atoms with Gasteiger partial charge in [0, 0.05) is 19.8 Å². The van der Waals surface area contributed by atoms with E-state index in [2.05, 4.69) is 9.68 Å². The highest BCUT2D eigenvalue weighted by molar-refractivity contribution is 6.43. The van der Waals surface area contributed by atoms with Gasteiger partial charge in [-0.25, -0.2) is 52.8 Å². The number of hydrogen-bond acceptors (Lipinski definition) is 16. The Hall–Kier alpha value is -10.3. The minimum absolute atomic E-state index is 0.0806. The van der Waals surface area contributed by atoms with Crippen LogP contribution in [0, 0.1) is 13.8 Å². The number of aryl methyl sites for hydroxylation is 4. The van der Waals surface area contributed by atoms with Crippen molar-refractivity contribution in [2.75, 3.05) is 0 Å².